The summed E-state index contributed by atoms with van der Waals surface area (Å²) >= 11 is 0. The molecule has 1 unspecified atom stereocenters. The van der Waals surface area contributed by atoms with Crippen molar-refractivity contribution >= 4 is 0 Å². The average Bonchev–Trinajstić information content (AvgIpc) is 2.32. The Balaban J connectivity index is 2.41. The fourth-order valence-corrected chi connectivity index (χ4v) is 2.04. The zero-order chi connectivity index (χ0) is 14.0. The number of rotatable bonds is 3. The lowest BCUT2D eigenvalue weighted by atomic mass is 10.1. The van der Waals surface area contributed by atoms with E-state index in [0.717, 1.165) is 11.1 Å². The van der Waals surface area contributed by atoms with E-state index in [-0.39, 0.29) is 5.56 Å². The highest BCUT2D eigenvalue weighted by atomic mass is 19.1. The van der Waals surface area contributed by atoms with Crippen LogP contribution >= 0.6 is 0 Å². The van der Waals surface area contributed by atoms with Gasteiger partial charge >= 0.3 is 0 Å². The Morgan fingerprint density at radius 3 is 2.47 bits per heavy atom. The first-order valence-electron chi connectivity index (χ1n) is 6.20. The van der Waals surface area contributed by atoms with Crippen molar-refractivity contribution < 1.29 is 14.2 Å². The van der Waals surface area contributed by atoms with Gasteiger partial charge in [-0.15, -0.1) is 0 Å². The Morgan fingerprint density at radius 2 is 1.84 bits per heavy atom. The van der Waals surface area contributed by atoms with Crippen LogP contribution in [0.3, 0.4) is 0 Å². The molecule has 2 rings (SSSR count). The van der Waals surface area contributed by atoms with Crippen molar-refractivity contribution in [3.63, 3.8) is 0 Å². The molecule has 0 saturated heterocycles. The third-order valence-corrected chi connectivity index (χ3v) is 2.98. The first kappa shape index (κ1) is 13.6. The molecule has 0 amide bonds. The fraction of sp³-hybridized carbons (Fsp3) is 0.250. The van der Waals surface area contributed by atoms with Crippen molar-refractivity contribution in [2.24, 2.45) is 0 Å². The van der Waals surface area contributed by atoms with Gasteiger partial charge in [0.05, 0.1) is 11.7 Å². The van der Waals surface area contributed by atoms with E-state index in [1.807, 2.05) is 32.0 Å². The molecule has 0 saturated carbocycles. The van der Waals surface area contributed by atoms with Gasteiger partial charge in [0.1, 0.15) is 17.3 Å². The van der Waals surface area contributed by atoms with E-state index >= 15 is 0 Å². The van der Waals surface area contributed by atoms with Crippen LogP contribution in [0.1, 0.15) is 29.7 Å². The van der Waals surface area contributed by atoms with E-state index in [1.165, 1.54) is 13.0 Å². The van der Waals surface area contributed by atoms with Gasteiger partial charge in [-0.3, -0.25) is 0 Å². The van der Waals surface area contributed by atoms with E-state index in [9.17, 15) is 9.50 Å². The highest BCUT2D eigenvalue weighted by molar-refractivity contribution is 5.43. The van der Waals surface area contributed by atoms with Crippen LogP contribution in [-0.4, -0.2) is 5.11 Å². The standard InChI is InChI=1S/C16H17FO2/c1-10-7-8-14(11(2)9-10)19-15-6-4-5-13(17)16(15)12(3)18/h4-9,12,18H,1-3H3. The molecule has 0 bridgehead atoms. The van der Waals surface area contributed by atoms with Crippen molar-refractivity contribution in [1.29, 1.82) is 0 Å². The van der Waals surface area contributed by atoms with Crippen molar-refractivity contribution in [2.75, 3.05) is 0 Å². The second-order valence-electron chi connectivity index (χ2n) is 4.70. The molecule has 19 heavy (non-hydrogen) atoms. The Morgan fingerprint density at radius 1 is 1.11 bits per heavy atom. The third kappa shape index (κ3) is 2.93. The van der Waals surface area contributed by atoms with Crippen molar-refractivity contribution in [3.05, 3.63) is 58.9 Å². The van der Waals surface area contributed by atoms with Gasteiger partial charge in [-0.05, 0) is 44.5 Å². The van der Waals surface area contributed by atoms with Crippen LogP contribution in [0, 0.1) is 19.7 Å². The normalized spacial score (nSPS) is 12.3. The summed E-state index contributed by atoms with van der Waals surface area (Å²) in [7, 11) is 0. The van der Waals surface area contributed by atoms with Crippen molar-refractivity contribution in [1.82, 2.24) is 0 Å². The minimum atomic E-state index is -0.915. The first-order chi connectivity index (χ1) is 8.99. The zero-order valence-corrected chi connectivity index (χ0v) is 11.3. The van der Waals surface area contributed by atoms with Gasteiger partial charge in [0.25, 0.3) is 0 Å². The molecule has 2 nitrogen and oxygen atoms in total. The summed E-state index contributed by atoms with van der Waals surface area (Å²) in [6.07, 6.45) is -0.915. The van der Waals surface area contributed by atoms with Crippen LogP contribution in [0.2, 0.25) is 0 Å². The van der Waals surface area contributed by atoms with Crippen LogP contribution in [-0.2, 0) is 0 Å². The average molecular weight is 260 g/mol. The monoisotopic (exact) mass is 260 g/mol. The highest BCUT2D eigenvalue weighted by Gasteiger charge is 2.15. The van der Waals surface area contributed by atoms with Gasteiger partial charge in [0, 0.05) is 0 Å². The molecule has 100 valence electrons. The molecule has 0 spiro atoms. The van der Waals surface area contributed by atoms with Gasteiger partial charge in [-0.1, -0.05) is 23.8 Å². The van der Waals surface area contributed by atoms with E-state index in [4.69, 9.17) is 4.74 Å². The summed E-state index contributed by atoms with van der Waals surface area (Å²) in [5, 5.41) is 9.66. The predicted octanol–water partition coefficient (Wildman–Crippen LogP) is 4.29. The molecule has 3 heteroatoms. The summed E-state index contributed by atoms with van der Waals surface area (Å²) in [5.74, 6) is 0.553. The van der Waals surface area contributed by atoms with Crippen LogP contribution in [0.5, 0.6) is 11.5 Å². The van der Waals surface area contributed by atoms with E-state index in [2.05, 4.69) is 0 Å². The van der Waals surface area contributed by atoms with E-state index in [0.29, 0.717) is 11.5 Å². The van der Waals surface area contributed by atoms with E-state index in [1.54, 1.807) is 12.1 Å². The van der Waals surface area contributed by atoms with Crippen molar-refractivity contribution in [2.45, 2.75) is 26.9 Å². The van der Waals surface area contributed by atoms with Crippen LogP contribution < -0.4 is 4.74 Å². The lowest BCUT2D eigenvalue weighted by molar-refractivity contribution is 0.190. The summed E-state index contributed by atoms with van der Waals surface area (Å²) < 4.78 is 19.5. The molecule has 2 aromatic rings. The molecule has 0 fully saturated rings. The predicted molar refractivity (Wildman–Crippen MR) is 73.0 cm³/mol. The van der Waals surface area contributed by atoms with Gasteiger partial charge in [0.2, 0.25) is 0 Å². The minimum absolute atomic E-state index is 0.183. The summed E-state index contributed by atoms with van der Waals surface area (Å²) in [4.78, 5) is 0. The number of aliphatic hydroxyl groups is 1. The molecular weight excluding hydrogens is 243 g/mol. The maximum atomic E-state index is 13.7. The number of aliphatic hydroxyl groups excluding tert-OH is 1. The van der Waals surface area contributed by atoms with Gasteiger partial charge in [-0.25, -0.2) is 4.39 Å². The number of ether oxygens (including phenoxy) is 1. The van der Waals surface area contributed by atoms with Crippen LogP contribution in [0.25, 0.3) is 0 Å². The van der Waals surface area contributed by atoms with E-state index < -0.39 is 11.9 Å². The number of halogens is 1. The quantitative estimate of drug-likeness (QED) is 0.892. The van der Waals surface area contributed by atoms with Gasteiger partial charge in [-0.2, -0.15) is 0 Å². The Labute approximate surface area is 112 Å². The molecule has 0 aliphatic carbocycles. The maximum Gasteiger partial charge on any atom is 0.136 e. The Kier molecular flexibility index (Phi) is 3.86. The molecule has 1 atom stereocenters. The number of aryl methyl sites for hydroxylation is 2. The lowest BCUT2D eigenvalue weighted by Gasteiger charge is -2.15. The van der Waals surface area contributed by atoms with Gasteiger partial charge < -0.3 is 9.84 Å². The minimum Gasteiger partial charge on any atom is -0.457 e. The third-order valence-electron chi connectivity index (χ3n) is 2.98. The second-order valence-corrected chi connectivity index (χ2v) is 4.70. The summed E-state index contributed by atoms with van der Waals surface area (Å²) in [5.41, 5.74) is 2.29. The number of benzene rings is 2. The van der Waals surface area contributed by atoms with Crippen molar-refractivity contribution in [3.8, 4) is 11.5 Å². The summed E-state index contributed by atoms with van der Waals surface area (Å²) in [6, 6.07) is 10.3. The molecule has 2 aromatic carbocycles. The SMILES string of the molecule is Cc1ccc(Oc2cccc(F)c2C(C)O)c(C)c1. The van der Waals surface area contributed by atoms with Gasteiger partial charge in [0.15, 0.2) is 0 Å². The second kappa shape index (κ2) is 5.41. The zero-order valence-electron chi connectivity index (χ0n) is 11.3. The molecule has 0 heterocycles. The molecule has 0 aliphatic rings. The van der Waals surface area contributed by atoms with Crippen LogP contribution in [0.4, 0.5) is 4.39 Å². The molecule has 1 N–H and O–H groups in total. The molecule has 0 aromatic heterocycles. The fourth-order valence-electron chi connectivity index (χ4n) is 2.04. The first-order valence-corrected chi connectivity index (χ1v) is 6.20. The summed E-state index contributed by atoms with van der Waals surface area (Å²) in [6.45, 7) is 5.46. The lowest BCUT2D eigenvalue weighted by Crippen LogP contribution is -2.00. The molecular formula is C16H17FO2. The number of hydrogen-bond donors (Lipinski definition) is 1. The molecule has 0 radical (unpaired) electrons. The molecule has 0 aliphatic heterocycles. The largest absolute Gasteiger partial charge is 0.457 e. The number of hydrogen-bond acceptors (Lipinski definition) is 2. The Hall–Kier alpha value is -1.87. The van der Waals surface area contributed by atoms with Crippen LogP contribution in [0.15, 0.2) is 36.4 Å². The Bertz CT molecular complexity index is 591. The maximum absolute atomic E-state index is 13.7. The highest BCUT2D eigenvalue weighted by Crippen LogP contribution is 2.33. The topological polar surface area (TPSA) is 29.5 Å². The smallest absolute Gasteiger partial charge is 0.136 e.